The van der Waals surface area contributed by atoms with Gasteiger partial charge in [-0.15, -0.1) is 0 Å². The maximum absolute atomic E-state index is 13.4. The molecule has 1 fully saturated rings. The molecule has 2 atom stereocenters. The van der Waals surface area contributed by atoms with Gasteiger partial charge in [-0.3, -0.25) is 9.69 Å². The summed E-state index contributed by atoms with van der Waals surface area (Å²) in [5.74, 6) is -1.70. The second kappa shape index (κ2) is 9.45. The summed E-state index contributed by atoms with van der Waals surface area (Å²) in [4.78, 5) is 14.6. The van der Waals surface area contributed by atoms with Crippen molar-refractivity contribution in [2.24, 2.45) is 0 Å². The van der Waals surface area contributed by atoms with Crippen LogP contribution in [-0.4, -0.2) is 36.0 Å². The molecule has 150 valence electrons. The van der Waals surface area contributed by atoms with Gasteiger partial charge in [0.05, 0.1) is 6.04 Å². The Morgan fingerprint density at radius 2 is 2.00 bits per heavy atom. The first-order valence-electron chi connectivity index (χ1n) is 9.39. The maximum Gasteiger partial charge on any atom is 0.237 e. The fourth-order valence-electron chi connectivity index (χ4n) is 3.57. The minimum Gasteiger partial charge on any atom is -0.355 e. The van der Waals surface area contributed by atoms with Crippen molar-refractivity contribution in [3.8, 4) is 0 Å². The molecule has 2 N–H and O–H groups in total. The van der Waals surface area contributed by atoms with Crippen LogP contribution in [0.4, 0.5) is 8.78 Å². The van der Waals surface area contributed by atoms with Gasteiger partial charge < -0.3 is 10.6 Å². The van der Waals surface area contributed by atoms with Crippen molar-refractivity contribution < 1.29 is 13.6 Å². The van der Waals surface area contributed by atoms with E-state index in [1.165, 1.54) is 6.07 Å². The van der Waals surface area contributed by atoms with Crippen molar-refractivity contribution in [1.82, 2.24) is 15.5 Å². The summed E-state index contributed by atoms with van der Waals surface area (Å²) in [7, 11) is 0. The molecule has 0 unspecified atom stereocenters. The van der Waals surface area contributed by atoms with E-state index in [4.69, 9.17) is 11.6 Å². The van der Waals surface area contributed by atoms with Crippen LogP contribution in [-0.2, 0) is 17.9 Å². The molecule has 28 heavy (non-hydrogen) atoms. The molecule has 0 bridgehead atoms. The second-order valence-electron chi connectivity index (χ2n) is 7.03. The summed E-state index contributed by atoms with van der Waals surface area (Å²) in [6.07, 6.45) is 0.649. The highest BCUT2D eigenvalue weighted by Crippen LogP contribution is 2.23. The summed E-state index contributed by atoms with van der Waals surface area (Å²) < 4.78 is 26.5. The van der Waals surface area contributed by atoms with Gasteiger partial charge in [-0.05, 0) is 48.7 Å². The maximum atomic E-state index is 13.4. The first kappa shape index (κ1) is 20.7. The van der Waals surface area contributed by atoms with Gasteiger partial charge in [-0.2, -0.15) is 0 Å². The number of carbonyl (C=O) groups excluding carboxylic acids is 1. The minimum atomic E-state index is -0.853. The predicted molar refractivity (Wildman–Crippen MR) is 106 cm³/mol. The average molecular weight is 408 g/mol. The van der Waals surface area contributed by atoms with Crippen molar-refractivity contribution in [2.75, 3.05) is 13.1 Å². The number of rotatable bonds is 7. The van der Waals surface area contributed by atoms with Crippen molar-refractivity contribution in [3.63, 3.8) is 0 Å². The molecular formula is C21H24ClF2N3O. The topological polar surface area (TPSA) is 44.4 Å². The first-order valence-corrected chi connectivity index (χ1v) is 9.77. The minimum absolute atomic E-state index is 0.00153. The van der Waals surface area contributed by atoms with E-state index >= 15 is 0 Å². The van der Waals surface area contributed by atoms with Crippen LogP contribution >= 0.6 is 11.6 Å². The van der Waals surface area contributed by atoms with Crippen molar-refractivity contribution >= 4 is 17.5 Å². The third kappa shape index (κ3) is 5.28. The van der Waals surface area contributed by atoms with Gasteiger partial charge in [0.2, 0.25) is 5.91 Å². The molecule has 0 spiro atoms. The molecule has 3 rings (SSSR count). The Labute approximate surface area is 168 Å². The Morgan fingerprint density at radius 1 is 1.18 bits per heavy atom. The van der Waals surface area contributed by atoms with Crippen LogP contribution in [0.3, 0.4) is 0 Å². The molecule has 0 saturated carbocycles. The number of hydrogen-bond acceptors (Lipinski definition) is 3. The smallest absolute Gasteiger partial charge is 0.237 e. The van der Waals surface area contributed by atoms with Gasteiger partial charge in [0.1, 0.15) is 0 Å². The molecular weight excluding hydrogens is 384 g/mol. The average Bonchev–Trinajstić information content (AvgIpc) is 3.06. The third-order valence-corrected chi connectivity index (χ3v) is 5.15. The van der Waals surface area contributed by atoms with E-state index in [9.17, 15) is 13.6 Å². The highest BCUT2D eigenvalue weighted by Gasteiger charge is 2.36. The molecule has 0 aliphatic carbocycles. The number of carbonyl (C=O) groups is 1. The van der Waals surface area contributed by atoms with E-state index in [0.29, 0.717) is 43.2 Å². The summed E-state index contributed by atoms with van der Waals surface area (Å²) in [5.41, 5.74) is 1.71. The number of halogens is 3. The van der Waals surface area contributed by atoms with Crippen LogP contribution in [0.5, 0.6) is 0 Å². The number of likely N-dealkylation sites (N-methyl/N-ethyl adjacent to an activating group) is 1. The van der Waals surface area contributed by atoms with Crippen LogP contribution in [0.1, 0.15) is 24.5 Å². The number of amides is 1. The fraction of sp³-hybridized carbons (Fsp3) is 0.381. The zero-order valence-corrected chi connectivity index (χ0v) is 16.5. The van der Waals surface area contributed by atoms with Crippen molar-refractivity contribution in [1.29, 1.82) is 0 Å². The van der Waals surface area contributed by atoms with Crippen LogP contribution in [0.25, 0.3) is 0 Å². The molecule has 2 aromatic rings. The van der Waals surface area contributed by atoms with Crippen molar-refractivity contribution in [2.45, 2.75) is 38.5 Å². The Balaban J connectivity index is 1.66. The molecule has 7 heteroatoms. The standard InChI is InChI=1S/C21H24ClF2N3O/c1-2-25-21(28)20-10-17(26-11-14-6-7-18(23)19(24)9-14)13-27(20)12-15-4-3-5-16(22)8-15/h3-9,17,20,26H,2,10-13H2,1H3,(H,25,28)/t17-,20-/m0/s1. The molecule has 1 amide bonds. The second-order valence-corrected chi connectivity index (χ2v) is 7.47. The van der Waals surface area contributed by atoms with E-state index in [2.05, 4.69) is 15.5 Å². The number of nitrogens with zero attached hydrogens (tertiary/aromatic N) is 1. The van der Waals surface area contributed by atoms with E-state index in [-0.39, 0.29) is 18.0 Å². The molecule has 1 aliphatic heterocycles. The fourth-order valence-corrected chi connectivity index (χ4v) is 3.79. The van der Waals surface area contributed by atoms with Gasteiger partial charge in [0.15, 0.2) is 11.6 Å². The largest absolute Gasteiger partial charge is 0.355 e. The number of hydrogen-bond donors (Lipinski definition) is 2. The molecule has 1 saturated heterocycles. The van der Waals surface area contributed by atoms with E-state index < -0.39 is 11.6 Å². The molecule has 0 aromatic heterocycles. The normalized spacial score (nSPS) is 19.7. The van der Waals surface area contributed by atoms with Crippen LogP contribution in [0.15, 0.2) is 42.5 Å². The lowest BCUT2D eigenvalue weighted by molar-refractivity contribution is -0.125. The SMILES string of the molecule is CCNC(=O)[C@@H]1C[C@H](NCc2ccc(F)c(F)c2)CN1Cc1cccc(Cl)c1. The lowest BCUT2D eigenvalue weighted by atomic mass is 10.1. The first-order chi connectivity index (χ1) is 13.5. The van der Waals surface area contributed by atoms with Gasteiger partial charge >= 0.3 is 0 Å². The molecule has 2 aromatic carbocycles. The summed E-state index contributed by atoms with van der Waals surface area (Å²) in [6, 6.07) is 11.3. The number of likely N-dealkylation sites (tertiary alicyclic amines) is 1. The Kier molecular flexibility index (Phi) is 6.99. The van der Waals surface area contributed by atoms with Crippen molar-refractivity contribution in [3.05, 3.63) is 70.2 Å². The molecule has 4 nitrogen and oxygen atoms in total. The Hall–Kier alpha value is -2.02. The van der Waals surface area contributed by atoms with Gasteiger partial charge in [-0.25, -0.2) is 8.78 Å². The quantitative estimate of drug-likeness (QED) is 0.738. The van der Waals surface area contributed by atoms with Crippen LogP contribution < -0.4 is 10.6 Å². The van der Waals surface area contributed by atoms with E-state index in [1.54, 1.807) is 6.07 Å². The molecule has 1 heterocycles. The Morgan fingerprint density at radius 3 is 2.71 bits per heavy atom. The highest BCUT2D eigenvalue weighted by atomic mass is 35.5. The van der Waals surface area contributed by atoms with Gasteiger partial charge in [-0.1, -0.05) is 29.8 Å². The lowest BCUT2D eigenvalue weighted by Gasteiger charge is -2.23. The summed E-state index contributed by atoms with van der Waals surface area (Å²) in [5, 5.41) is 6.92. The zero-order valence-electron chi connectivity index (χ0n) is 15.7. The number of nitrogens with one attached hydrogen (secondary N) is 2. The van der Waals surface area contributed by atoms with Gasteiger partial charge in [0.25, 0.3) is 0 Å². The monoisotopic (exact) mass is 407 g/mol. The van der Waals surface area contributed by atoms with Crippen LogP contribution in [0, 0.1) is 11.6 Å². The molecule has 0 radical (unpaired) electrons. The lowest BCUT2D eigenvalue weighted by Crippen LogP contribution is -2.42. The predicted octanol–water partition coefficient (Wildman–Crippen LogP) is 3.49. The number of benzene rings is 2. The van der Waals surface area contributed by atoms with E-state index in [1.807, 2.05) is 31.2 Å². The third-order valence-electron chi connectivity index (χ3n) is 4.91. The van der Waals surface area contributed by atoms with Gasteiger partial charge in [0, 0.05) is 37.2 Å². The van der Waals surface area contributed by atoms with Crippen LogP contribution in [0.2, 0.25) is 5.02 Å². The molecule has 1 aliphatic rings. The zero-order chi connectivity index (χ0) is 20.1. The summed E-state index contributed by atoms with van der Waals surface area (Å²) in [6.45, 7) is 4.18. The Bertz CT molecular complexity index is 833. The highest BCUT2D eigenvalue weighted by molar-refractivity contribution is 6.30. The summed E-state index contributed by atoms with van der Waals surface area (Å²) >= 11 is 6.08. The van der Waals surface area contributed by atoms with E-state index in [0.717, 1.165) is 11.6 Å².